The van der Waals surface area contributed by atoms with E-state index in [4.69, 9.17) is 5.53 Å². The van der Waals surface area contributed by atoms with Crippen LogP contribution in [0.1, 0.15) is 65.2 Å². The van der Waals surface area contributed by atoms with E-state index in [-0.39, 0.29) is 6.04 Å². The highest BCUT2D eigenvalue weighted by Gasteiger charge is 2.56. The van der Waals surface area contributed by atoms with Crippen LogP contribution in [0.4, 0.5) is 0 Å². The zero-order valence-corrected chi connectivity index (χ0v) is 14.0. The number of rotatable bonds is 1. The van der Waals surface area contributed by atoms with Crippen LogP contribution in [0.25, 0.3) is 10.4 Å². The number of allylic oxidation sites excluding steroid dienone is 2. The SMILES string of the molecule is C[C@]12CC[C@@H](N=[N+]=[N-])C[C@@H]1CC[C@H]1[C@H]2CC[C@@]2(C)C=CC[C@@H]12. The lowest BCUT2D eigenvalue weighted by atomic mass is 9.45. The summed E-state index contributed by atoms with van der Waals surface area (Å²) in [6.45, 7) is 5.08. The lowest BCUT2D eigenvalue weighted by Gasteiger charge is -2.60. The van der Waals surface area contributed by atoms with E-state index in [9.17, 15) is 0 Å². The summed E-state index contributed by atoms with van der Waals surface area (Å²) in [7, 11) is 0. The highest BCUT2D eigenvalue weighted by atomic mass is 15.1. The van der Waals surface area contributed by atoms with E-state index in [1.807, 2.05) is 0 Å². The molecule has 3 fully saturated rings. The van der Waals surface area contributed by atoms with E-state index in [0.29, 0.717) is 10.8 Å². The summed E-state index contributed by atoms with van der Waals surface area (Å²) in [6, 6.07) is 0.265. The molecule has 0 aliphatic heterocycles. The Hall–Kier alpha value is -0.950. The highest BCUT2D eigenvalue weighted by molar-refractivity contribution is 5.16. The lowest BCUT2D eigenvalue weighted by molar-refractivity contribution is -0.0995. The third kappa shape index (κ3) is 1.98. The fraction of sp³-hybridized carbons (Fsp3) is 0.895. The summed E-state index contributed by atoms with van der Waals surface area (Å²) in [5.41, 5.74) is 9.75. The molecule has 0 amide bonds. The molecule has 0 aromatic carbocycles. The van der Waals surface area contributed by atoms with Gasteiger partial charge in [-0.2, -0.15) is 0 Å². The summed E-state index contributed by atoms with van der Waals surface area (Å²) in [4.78, 5) is 3.07. The van der Waals surface area contributed by atoms with Crippen LogP contribution in [0.3, 0.4) is 0 Å². The van der Waals surface area contributed by atoms with Gasteiger partial charge < -0.3 is 0 Å². The number of hydrogen-bond donors (Lipinski definition) is 0. The molecule has 0 bridgehead atoms. The van der Waals surface area contributed by atoms with Crippen molar-refractivity contribution in [3.8, 4) is 0 Å². The molecule has 120 valence electrons. The minimum atomic E-state index is 0.265. The molecule has 0 N–H and O–H groups in total. The molecule has 0 saturated heterocycles. The third-order valence-corrected chi connectivity index (χ3v) is 8.18. The molecule has 3 saturated carbocycles. The first-order valence-electron chi connectivity index (χ1n) is 9.29. The Labute approximate surface area is 134 Å². The van der Waals surface area contributed by atoms with Crippen LogP contribution < -0.4 is 0 Å². The molecule has 4 aliphatic carbocycles. The van der Waals surface area contributed by atoms with E-state index in [2.05, 4.69) is 36.0 Å². The first-order valence-corrected chi connectivity index (χ1v) is 9.29. The lowest BCUT2D eigenvalue weighted by Crippen LogP contribution is -2.53. The second-order valence-electron chi connectivity index (χ2n) is 8.97. The molecule has 0 unspecified atom stereocenters. The summed E-state index contributed by atoms with van der Waals surface area (Å²) in [5.74, 6) is 3.54. The van der Waals surface area contributed by atoms with Gasteiger partial charge in [0, 0.05) is 11.0 Å². The standard InChI is InChI=1S/C19H29N3/c1-18-9-3-4-16(18)15-6-5-13-12-14(21-22-20)7-11-19(13,2)17(15)8-10-18/h3,9,13-17H,4-8,10-12H2,1-2H3/t13-,14+,15+,16-,17+,18+,19-/m0/s1. The molecule has 0 spiro atoms. The van der Waals surface area contributed by atoms with Crippen molar-refractivity contribution in [2.45, 2.75) is 71.3 Å². The summed E-state index contributed by atoms with van der Waals surface area (Å²) >= 11 is 0. The van der Waals surface area contributed by atoms with Gasteiger partial charge in [-0.05, 0) is 91.4 Å². The van der Waals surface area contributed by atoms with Crippen LogP contribution in [0.2, 0.25) is 0 Å². The maximum Gasteiger partial charge on any atom is 0.0377 e. The predicted molar refractivity (Wildman–Crippen MR) is 89.2 cm³/mol. The molecule has 4 aliphatic rings. The summed E-state index contributed by atoms with van der Waals surface area (Å²) in [6.07, 6.45) is 15.4. The van der Waals surface area contributed by atoms with Crippen molar-refractivity contribution in [1.29, 1.82) is 0 Å². The van der Waals surface area contributed by atoms with Gasteiger partial charge in [0.05, 0.1) is 0 Å². The second kappa shape index (κ2) is 5.03. The molecule has 3 heteroatoms. The molecule has 0 heterocycles. The minimum Gasteiger partial charge on any atom is -0.0906 e. The average Bonchev–Trinajstić information content (AvgIpc) is 2.89. The van der Waals surface area contributed by atoms with Crippen molar-refractivity contribution in [3.05, 3.63) is 22.6 Å². The highest BCUT2D eigenvalue weighted by Crippen LogP contribution is 2.65. The van der Waals surface area contributed by atoms with E-state index in [1.54, 1.807) is 0 Å². The Kier molecular flexibility index (Phi) is 3.34. The zero-order chi connectivity index (χ0) is 15.4. The van der Waals surface area contributed by atoms with Gasteiger partial charge in [-0.1, -0.05) is 31.1 Å². The monoisotopic (exact) mass is 299 g/mol. The first-order chi connectivity index (χ1) is 10.6. The Balaban J connectivity index is 1.58. The largest absolute Gasteiger partial charge is 0.0906 e. The predicted octanol–water partition coefficient (Wildman–Crippen LogP) is 5.87. The van der Waals surface area contributed by atoms with Crippen molar-refractivity contribution in [2.24, 2.45) is 39.6 Å². The van der Waals surface area contributed by atoms with Crippen LogP contribution in [0.5, 0.6) is 0 Å². The van der Waals surface area contributed by atoms with E-state index >= 15 is 0 Å². The minimum absolute atomic E-state index is 0.265. The van der Waals surface area contributed by atoms with Gasteiger partial charge in [-0.3, -0.25) is 0 Å². The third-order valence-electron chi connectivity index (χ3n) is 8.18. The van der Waals surface area contributed by atoms with Gasteiger partial charge in [0.1, 0.15) is 0 Å². The van der Waals surface area contributed by atoms with Gasteiger partial charge >= 0.3 is 0 Å². The van der Waals surface area contributed by atoms with Crippen molar-refractivity contribution < 1.29 is 0 Å². The van der Waals surface area contributed by atoms with Crippen LogP contribution in [-0.2, 0) is 0 Å². The summed E-state index contributed by atoms with van der Waals surface area (Å²) < 4.78 is 0. The average molecular weight is 299 g/mol. The molecule has 3 nitrogen and oxygen atoms in total. The quantitative estimate of drug-likeness (QED) is 0.251. The molecular formula is C19H29N3. The number of hydrogen-bond acceptors (Lipinski definition) is 1. The molecule has 0 radical (unpaired) electrons. The van der Waals surface area contributed by atoms with E-state index in [0.717, 1.165) is 36.5 Å². The van der Waals surface area contributed by atoms with Crippen LogP contribution >= 0.6 is 0 Å². The second-order valence-corrected chi connectivity index (χ2v) is 8.97. The maximum atomic E-state index is 8.75. The molecule has 22 heavy (non-hydrogen) atoms. The number of nitrogens with zero attached hydrogens (tertiary/aromatic N) is 3. The molecular weight excluding hydrogens is 270 g/mol. The van der Waals surface area contributed by atoms with Crippen LogP contribution in [-0.4, -0.2) is 6.04 Å². The van der Waals surface area contributed by atoms with Crippen molar-refractivity contribution >= 4 is 0 Å². The van der Waals surface area contributed by atoms with Gasteiger partial charge in [-0.15, -0.1) is 0 Å². The van der Waals surface area contributed by atoms with Crippen LogP contribution in [0, 0.1) is 34.5 Å². The maximum absolute atomic E-state index is 8.75. The Morgan fingerprint density at radius 3 is 2.77 bits per heavy atom. The van der Waals surface area contributed by atoms with E-state index < -0.39 is 0 Å². The van der Waals surface area contributed by atoms with E-state index in [1.165, 1.54) is 38.5 Å². The number of fused-ring (bicyclic) bond motifs is 5. The smallest absolute Gasteiger partial charge is 0.0377 e. The zero-order valence-electron chi connectivity index (χ0n) is 14.0. The fourth-order valence-corrected chi connectivity index (χ4v) is 6.90. The molecule has 7 atom stereocenters. The molecule has 0 aromatic rings. The number of azide groups is 1. The van der Waals surface area contributed by atoms with Crippen molar-refractivity contribution in [3.63, 3.8) is 0 Å². The van der Waals surface area contributed by atoms with Gasteiger partial charge in [0.15, 0.2) is 0 Å². The Bertz CT molecular complexity index is 535. The topological polar surface area (TPSA) is 48.8 Å². The molecule has 0 aromatic heterocycles. The first kappa shape index (κ1) is 14.6. The van der Waals surface area contributed by atoms with Gasteiger partial charge in [0.25, 0.3) is 0 Å². The Morgan fingerprint density at radius 2 is 1.95 bits per heavy atom. The van der Waals surface area contributed by atoms with Gasteiger partial charge in [-0.25, -0.2) is 0 Å². The van der Waals surface area contributed by atoms with Crippen LogP contribution in [0.15, 0.2) is 17.3 Å². The normalized spacial score (nSPS) is 53.1. The molecule has 4 rings (SSSR count). The fourth-order valence-electron chi connectivity index (χ4n) is 6.90. The van der Waals surface area contributed by atoms with Crippen molar-refractivity contribution in [1.82, 2.24) is 0 Å². The van der Waals surface area contributed by atoms with Crippen molar-refractivity contribution in [2.75, 3.05) is 0 Å². The van der Waals surface area contributed by atoms with Gasteiger partial charge in [0.2, 0.25) is 0 Å². The Morgan fingerprint density at radius 1 is 1.09 bits per heavy atom. The summed E-state index contributed by atoms with van der Waals surface area (Å²) in [5, 5.41) is 4.04.